The van der Waals surface area contributed by atoms with Crippen LogP contribution in [0, 0.1) is 0 Å². The summed E-state index contributed by atoms with van der Waals surface area (Å²) >= 11 is 3.61. The van der Waals surface area contributed by atoms with Crippen molar-refractivity contribution in [3.63, 3.8) is 0 Å². The lowest BCUT2D eigenvalue weighted by molar-refractivity contribution is 0.0694. The number of carboxylic acid groups (broad SMARTS) is 1. The van der Waals surface area contributed by atoms with Crippen molar-refractivity contribution < 1.29 is 14.6 Å². The highest BCUT2D eigenvalue weighted by Gasteiger charge is 2.19. The minimum Gasteiger partial charge on any atom is -0.496 e. The number of methoxy groups -OCH3 is 1. The van der Waals surface area contributed by atoms with Crippen LogP contribution in [0.25, 0.3) is 21.9 Å². The summed E-state index contributed by atoms with van der Waals surface area (Å²) < 4.78 is 6.08. The molecule has 3 nitrogen and oxygen atoms in total. The average Bonchev–Trinajstić information content (AvgIpc) is 2.54. The van der Waals surface area contributed by atoms with Gasteiger partial charge >= 0.3 is 5.97 Å². The minimum atomic E-state index is -1.01. The highest BCUT2D eigenvalue weighted by molar-refractivity contribution is 9.10. The smallest absolute Gasteiger partial charge is 0.340 e. The maximum atomic E-state index is 11.7. The van der Waals surface area contributed by atoms with Gasteiger partial charge in [-0.15, -0.1) is 0 Å². The van der Waals surface area contributed by atoms with Gasteiger partial charge in [0.25, 0.3) is 0 Å². The third kappa shape index (κ3) is 2.35. The first kappa shape index (κ1) is 14.6. The minimum absolute atomic E-state index is 0.168. The van der Waals surface area contributed by atoms with E-state index in [4.69, 9.17) is 4.74 Å². The van der Waals surface area contributed by atoms with Gasteiger partial charge in [0.15, 0.2) is 0 Å². The summed E-state index contributed by atoms with van der Waals surface area (Å²) in [5.41, 5.74) is 1.63. The molecule has 0 unspecified atom stereocenters. The Morgan fingerprint density at radius 3 is 2.50 bits per heavy atom. The fourth-order valence-electron chi connectivity index (χ4n) is 2.59. The first-order valence-corrected chi connectivity index (χ1v) is 7.50. The molecule has 0 fully saturated rings. The number of aromatic carboxylic acids is 1. The van der Waals surface area contributed by atoms with Gasteiger partial charge in [0.2, 0.25) is 0 Å². The van der Waals surface area contributed by atoms with Crippen LogP contribution in [-0.2, 0) is 0 Å². The van der Waals surface area contributed by atoms with Gasteiger partial charge in [0.05, 0.1) is 7.11 Å². The molecule has 0 atom stereocenters. The average molecular weight is 357 g/mol. The second-order valence-corrected chi connectivity index (χ2v) is 5.63. The summed E-state index contributed by atoms with van der Waals surface area (Å²) in [5, 5.41) is 11.7. The number of hydrogen-bond donors (Lipinski definition) is 1. The summed E-state index contributed by atoms with van der Waals surface area (Å²) in [7, 11) is 1.47. The summed E-state index contributed by atoms with van der Waals surface area (Å²) in [6, 6.07) is 17.1. The van der Waals surface area contributed by atoms with Crippen LogP contribution in [0.4, 0.5) is 0 Å². The van der Waals surface area contributed by atoms with Gasteiger partial charge in [-0.1, -0.05) is 48.5 Å². The molecular formula is C18H13BrO3. The Hall–Kier alpha value is -2.33. The molecule has 3 aromatic rings. The molecule has 3 rings (SSSR count). The molecule has 0 heterocycles. The second kappa shape index (κ2) is 5.81. The van der Waals surface area contributed by atoms with E-state index in [-0.39, 0.29) is 5.56 Å². The van der Waals surface area contributed by atoms with Crippen molar-refractivity contribution in [1.82, 2.24) is 0 Å². The van der Waals surface area contributed by atoms with Gasteiger partial charge in [0.1, 0.15) is 11.3 Å². The predicted octanol–water partition coefficient (Wildman–Crippen LogP) is 4.98. The summed E-state index contributed by atoms with van der Waals surface area (Å²) in [6.45, 7) is 0. The predicted molar refractivity (Wildman–Crippen MR) is 90.6 cm³/mol. The van der Waals surface area contributed by atoms with Gasteiger partial charge in [0, 0.05) is 10.0 Å². The number of fused-ring (bicyclic) bond motifs is 1. The number of halogens is 1. The third-order valence-corrected chi connectivity index (χ3v) is 4.47. The number of ether oxygens (including phenoxy) is 1. The number of benzene rings is 3. The standard InChI is InChI=1S/C18H13BrO3/c1-22-15-8-4-7-13(16(15)18(20)21)14-10-9-11-5-2-3-6-12(11)17(14)19/h2-10H,1H3,(H,20,21). The van der Waals surface area contributed by atoms with Crippen LogP contribution in [0.3, 0.4) is 0 Å². The van der Waals surface area contributed by atoms with E-state index in [2.05, 4.69) is 15.9 Å². The molecule has 0 spiro atoms. The molecule has 4 heteroatoms. The molecule has 0 aliphatic carbocycles. The quantitative estimate of drug-likeness (QED) is 0.719. The summed E-state index contributed by atoms with van der Waals surface area (Å²) in [4.78, 5) is 11.7. The fourth-order valence-corrected chi connectivity index (χ4v) is 3.29. The van der Waals surface area contributed by atoms with Crippen LogP contribution in [0.5, 0.6) is 5.75 Å². The van der Waals surface area contributed by atoms with Crippen LogP contribution >= 0.6 is 15.9 Å². The maximum absolute atomic E-state index is 11.7. The number of carboxylic acids is 1. The molecule has 0 saturated heterocycles. The third-order valence-electron chi connectivity index (χ3n) is 3.61. The zero-order chi connectivity index (χ0) is 15.7. The number of carbonyl (C=O) groups is 1. The van der Waals surface area contributed by atoms with Crippen molar-refractivity contribution in [2.45, 2.75) is 0 Å². The van der Waals surface area contributed by atoms with E-state index < -0.39 is 5.97 Å². The van der Waals surface area contributed by atoms with Crippen molar-refractivity contribution in [3.05, 3.63) is 64.6 Å². The lowest BCUT2D eigenvalue weighted by Crippen LogP contribution is -2.03. The number of hydrogen-bond acceptors (Lipinski definition) is 2. The lowest BCUT2D eigenvalue weighted by Gasteiger charge is -2.13. The molecule has 110 valence electrons. The Balaban J connectivity index is 2.33. The van der Waals surface area contributed by atoms with E-state index in [1.807, 2.05) is 36.4 Å². The molecule has 3 aromatic carbocycles. The molecule has 0 amide bonds. The van der Waals surface area contributed by atoms with E-state index in [1.54, 1.807) is 18.2 Å². The highest BCUT2D eigenvalue weighted by Crippen LogP contribution is 2.38. The van der Waals surface area contributed by atoms with Crippen LogP contribution in [0.2, 0.25) is 0 Å². The first-order valence-electron chi connectivity index (χ1n) is 6.71. The monoisotopic (exact) mass is 356 g/mol. The molecule has 22 heavy (non-hydrogen) atoms. The Kier molecular flexibility index (Phi) is 3.86. The molecule has 0 bridgehead atoms. The lowest BCUT2D eigenvalue weighted by atomic mass is 9.96. The van der Waals surface area contributed by atoms with E-state index in [0.717, 1.165) is 20.8 Å². The molecule has 1 N–H and O–H groups in total. The van der Waals surface area contributed by atoms with Crippen LogP contribution in [0.15, 0.2) is 59.1 Å². The topological polar surface area (TPSA) is 46.5 Å². The zero-order valence-corrected chi connectivity index (χ0v) is 13.4. The SMILES string of the molecule is COc1cccc(-c2ccc3ccccc3c2Br)c1C(=O)O. The van der Waals surface area contributed by atoms with Crippen LogP contribution < -0.4 is 4.74 Å². The van der Waals surface area contributed by atoms with Crippen LogP contribution in [-0.4, -0.2) is 18.2 Å². The normalized spacial score (nSPS) is 10.6. The van der Waals surface area contributed by atoms with Crippen molar-refractivity contribution >= 4 is 32.7 Å². The van der Waals surface area contributed by atoms with Gasteiger partial charge in [-0.05, 0) is 38.3 Å². The Morgan fingerprint density at radius 1 is 1.00 bits per heavy atom. The van der Waals surface area contributed by atoms with Crippen molar-refractivity contribution in [2.75, 3.05) is 7.11 Å². The van der Waals surface area contributed by atoms with E-state index in [1.165, 1.54) is 7.11 Å². The van der Waals surface area contributed by atoms with E-state index >= 15 is 0 Å². The van der Waals surface area contributed by atoms with Gasteiger partial charge in [-0.25, -0.2) is 4.79 Å². The molecule has 0 aromatic heterocycles. The molecular weight excluding hydrogens is 344 g/mol. The Morgan fingerprint density at radius 2 is 1.77 bits per heavy atom. The maximum Gasteiger partial charge on any atom is 0.340 e. The van der Waals surface area contributed by atoms with Gasteiger partial charge in [-0.2, -0.15) is 0 Å². The Bertz CT molecular complexity index is 871. The molecule has 0 radical (unpaired) electrons. The van der Waals surface area contributed by atoms with Crippen molar-refractivity contribution in [2.24, 2.45) is 0 Å². The highest BCUT2D eigenvalue weighted by atomic mass is 79.9. The molecule has 0 aliphatic rings. The first-order chi connectivity index (χ1) is 10.6. The van der Waals surface area contributed by atoms with Crippen LogP contribution in [0.1, 0.15) is 10.4 Å². The second-order valence-electron chi connectivity index (χ2n) is 4.84. The summed E-state index contributed by atoms with van der Waals surface area (Å²) in [6.07, 6.45) is 0. The largest absolute Gasteiger partial charge is 0.496 e. The molecule has 0 saturated carbocycles. The zero-order valence-electron chi connectivity index (χ0n) is 11.8. The fraction of sp³-hybridized carbons (Fsp3) is 0.0556. The van der Waals surface area contributed by atoms with Crippen molar-refractivity contribution in [1.29, 1.82) is 0 Å². The van der Waals surface area contributed by atoms with Gasteiger partial charge in [-0.3, -0.25) is 0 Å². The van der Waals surface area contributed by atoms with Gasteiger partial charge < -0.3 is 9.84 Å². The van der Waals surface area contributed by atoms with E-state index in [9.17, 15) is 9.90 Å². The number of rotatable bonds is 3. The van der Waals surface area contributed by atoms with E-state index in [0.29, 0.717) is 11.3 Å². The Labute approximate surface area is 136 Å². The summed E-state index contributed by atoms with van der Waals surface area (Å²) in [5.74, 6) is -0.655. The van der Waals surface area contributed by atoms with Crippen molar-refractivity contribution in [3.8, 4) is 16.9 Å². The molecule has 0 aliphatic heterocycles.